The second-order valence-electron chi connectivity index (χ2n) is 38.5. The van der Waals surface area contributed by atoms with Crippen LogP contribution in [0.2, 0.25) is 0 Å². The molecule has 0 bridgehead atoms. The number of benzene rings is 1. The number of phenolic OH excluding ortho intramolecular Hbond substituents is 1. The number of nitrogens with zero attached hydrogens (tertiary/aromatic N) is 1. The summed E-state index contributed by atoms with van der Waals surface area (Å²) in [4.78, 5) is 253. The smallest absolute Gasteiger partial charge is 0.326 e. The zero-order valence-corrected chi connectivity index (χ0v) is 88.1. The van der Waals surface area contributed by atoms with Crippen molar-refractivity contribution in [3.8, 4) is 5.75 Å². The highest BCUT2D eigenvalue weighted by atomic mass is 16.4. The molecule has 1 heterocycles. The maximum atomic E-state index is 15.2. The maximum absolute atomic E-state index is 15.2. The number of phenols is 1. The summed E-state index contributed by atoms with van der Waals surface area (Å²) in [6.07, 6.45) is 5.34. The average Bonchev–Trinajstić information content (AvgIpc) is 1.43. The second-order valence-corrected chi connectivity index (χ2v) is 38.5. The molecule has 2 aromatic rings. The molecule has 22 atom stereocenters. The van der Waals surface area contributed by atoms with E-state index in [1.54, 1.807) is 96.9 Å². The highest BCUT2D eigenvalue weighted by Gasteiger charge is 2.43. The van der Waals surface area contributed by atoms with Crippen molar-refractivity contribution in [2.24, 2.45) is 87.3 Å². The van der Waals surface area contributed by atoms with Crippen molar-refractivity contribution in [2.45, 2.75) is 354 Å². The summed E-state index contributed by atoms with van der Waals surface area (Å²) in [6, 6.07) is -16.9. The lowest BCUT2D eigenvalue weighted by atomic mass is 9.93. The summed E-state index contributed by atoms with van der Waals surface area (Å²) in [6.45, 7) is 24.8. The number of nitrogens with two attached hydrogens (primary N) is 8. The van der Waals surface area contributed by atoms with E-state index in [1.807, 2.05) is 0 Å². The molecule has 2 rings (SSSR count). The number of primary amides is 1. The van der Waals surface area contributed by atoms with E-state index in [-0.39, 0.29) is 172 Å². The number of carboxylic acids is 1. The molecule has 0 fully saturated rings. The number of carbonyl (C=O) groups excluding carboxylic acids is 16. The summed E-state index contributed by atoms with van der Waals surface area (Å²) < 4.78 is 0. The van der Waals surface area contributed by atoms with Crippen LogP contribution in [0.5, 0.6) is 5.75 Å². The highest BCUT2D eigenvalue weighted by molar-refractivity contribution is 6.02. The first-order valence-electron chi connectivity index (χ1n) is 51.4. The topological polar surface area (TPSA) is 856 Å². The first-order valence-corrected chi connectivity index (χ1v) is 51.4. The molecule has 830 valence electrons. The molecule has 40 N–H and O–H groups in total. The molecule has 16 amide bonds. The third-order valence-electron chi connectivity index (χ3n) is 26.1. The van der Waals surface area contributed by atoms with Gasteiger partial charge >= 0.3 is 5.97 Å². The Morgan fingerprint density at radius 2 is 0.585 bits per heavy atom. The van der Waals surface area contributed by atoms with Crippen molar-refractivity contribution in [3.05, 3.63) is 48.0 Å². The molecule has 0 saturated heterocycles. The first-order chi connectivity index (χ1) is 69.5. The lowest BCUT2D eigenvalue weighted by molar-refractivity contribution is -0.142. The van der Waals surface area contributed by atoms with Gasteiger partial charge in [-0.1, -0.05) is 148 Å². The van der Waals surface area contributed by atoms with E-state index in [0.29, 0.717) is 49.8 Å². The van der Waals surface area contributed by atoms with E-state index in [4.69, 9.17) is 62.1 Å². The number of rotatable bonds is 75. The molecule has 1 aromatic carbocycles. The van der Waals surface area contributed by atoms with Crippen LogP contribution in [0.15, 0.2) is 36.8 Å². The van der Waals surface area contributed by atoms with Gasteiger partial charge in [0.25, 0.3) is 0 Å². The Kier molecular flexibility index (Phi) is 61.7. The van der Waals surface area contributed by atoms with E-state index >= 15 is 38.4 Å². The number of carbonyl (C=O) groups is 17. The Labute approximate surface area is 862 Å². The number of H-pyrrole nitrogens is 1. The molecule has 0 saturated carbocycles. The minimum atomic E-state index is -1.51. The molecular formula is C97H173N31O19. The summed E-state index contributed by atoms with van der Waals surface area (Å²) in [5.74, 6) is -20.6. The number of aromatic nitrogens is 2. The Morgan fingerprint density at radius 3 is 0.850 bits per heavy atom. The van der Waals surface area contributed by atoms with Crippen LogP contribution in [0.4, 0.5) is 0 Å². The number of aromatic hydroxyl groups is 1. The van der Waals surface area contributed by atoms with Gasteiger partial charge in [0, 0.05) is 44.4 Å². The molecule has 50 nitrogen and oxygen atoms in total. The minimum Gasteiger partial charge on any atom is -0.508 e. The van der Waals surface area contributed by atoms with Crippen molar-refractivity contribution in [2.75, 3.05) is 39.3 Å². The predicted octanol–water partition coefficient (Wildman–Crippen LogP) is -3.04. The van der Waals surface area contributed by atoms with Gasteiger partial charge in [-0.05, 0) is 181 Å². The number of hydrogen-bond acceptors (Lipinski definition) is 26. The Bertz CT molecular complexity index is 4520. The van der Waals surface area contributed by atoms with E-state index in [1.165, 1.54) is 36.8 Å². The quantitative estimate of drug-likeness (QED) is 0.0178. The van der Waals surface area contributed by atoms with E-state index in [0.717, 1.165) is 0 Å². The average molecular weight is 2080 g/mol. The van der Waals surface area contributed by atoms with Crippen molar-refractivity contribution in [1.29, 1.82) is 16.2 Å². The van der Waals surface area contributed by atoms with Gasteiger partial charge in [0.05, 0.1) is 18.8 Å². The molecule has 147 heavy (non-hydrogen) atoms. The van der Waals surface area contributed by atoms with E-state index in [9.17, 15) is 53.4 Å². The van der Waals surface area contributed by atoms with Crippen LogP contribution >= 0.6 is 0 Å². The number of aromatic amines is 1. The van der Waals surface area contributed by atoms with Crippen molar-refractivity contribution < 1.29 is 91.7 Å². The van der Waals surface area contributed by atoms with Gasteiger partial charge in [0.2, 0.25) is 94.5 Å². The molecule has 50 heteroatoms. The Balaban J connectivity index is 2.70. The van der Waals surface area contributed by atoms with Crippen molar-refractivity contribution in [1.82, 2.24) is 106 Å². The van der Waals surface area contributed by atoms with Crippen LogP contribution < -0.4 is 142 Å². The molecule has 0 unspecified atom stereocenters. The molecule has 1 aromatic heterocycles. The second kappa shape index (κ2) is 69.9. The standard InChI is InChI=1S/C97H173N31O19/c1-15-53(9)73(88(140)118-64(31-22-25-41-99)80(132)114-63(30-21-24-40-98)83(135)122-71(94(146)147)47-59-36-38-61(129)39-37-59)127-93(145)78(58(14)20-6)125-87(139)70(48-60-50-109-51-113-60)121-90(142)75(55(11)17-3)128-92(144)76(56(12)18-4)123-84(136)65(32-23-26-42-100)115-82(134)67(34-28-44-111-96(105)106)119-89(141)74(54(10)16-2)126-91(143)77(57(13)19-5)124-85(137)68(35-29-45-112-97(107)108)116-81(133)66(33-27-43-110-95(103)104)117-86(138)69(46-52(7)8)120-79(131)62(101)49-72(102)130/h36-39,50-58,62-71,73-78,129H,15-35,40-49,98-101H2,1-14H3,(H2,102,130)(H,109,113)(H,114,132)(H,115,134)(H,116,133)(H,117,138)(H,118,140)(H,119,141)(H,120,131)(H,121,142)(H,122,135)(H,123,136)(H,124,137)(H,125,139)(H,126,143)(H,127,145)(H,128,144)(H,146,147)(H4,103,104,110)(H4,105,106,111)(H4,107,108,112)/t53-,54-,55-,56-,57-,58-,62-,63-,64-,65-,66-,67-,68-,69-,70-,71-,73-,74-,75-,76-,77-,78-/m0/s1. The zero-order valence-electron chi connectivity index (χ0n) is 88.1. The normalized spacial score (nSPS) is 15.7. The summed E-state index contributed by atoms with van der Waals surface area (Å²) in [5.41, 5.74) is 46.5. The lowest BCUT2D eigenvalue weighted by Crippen LogP contribution is -2.63. The van der Waals surface area contributed by atoms with Crippen LogP contribution in [0, 0.1) is 57.7 Å². The van der Waals surface area contributed by atoms with Crippen molar-refractivity contribution in [3.63, 3.8) is 0 Å². The van der Waals surface area contributed by atoms with Gasteiger partial charge < -0.3 is 157 Å². The van der Waals surface area contributed by atoms with Gasteiger partial charge in [0.1, 0.15) is 96.4 Å². The largest absolute Gasteiger partial charge is 0.508 e. The first kappa shape index (κ1) is 130. The fourth-order valence-electron chi connectivity index (χ4n) is 15.7. The highest BCUT2D eigenvalue weighted by Crippen LogP contribution is 2.22. The van der Waals surface area contributed by atoms with E-state index < -0.39 is 251 Å². The number of amides is 16. The third-order valence-corrected chi connectivity index (χ3v) is 26.1. The maximum Gasteiger partial charge on any atom is 0.326 e. The van der Waals surface area contributed by atoms with Crippen LogP contribution in [-0.4, -0.2) is 274 Å². The number of nitrogens with one attached hydrogen (secondary N) is 22. The summed E-state index contributed by atoms with van der Waals surface area (Å²) in [7, 11) is 0. The zero-order chi connectivity index (χ0) is 111. The van der Waals surface area contributed by atoms with Gasteiger partial charge in [-0.3, -0.25) is 92.9 Å². The monoisotopic (exact) mass is 2080 g/mol. The fraction of sp³-hybridized carbons (Fsp3) is 0.701. The number of aliphatic carboxylic acids is 1. The van der Waals surface area contributed by atoms with Crippen LogP contribution in [0.3, 0.4) is 0 Å². The number of carboxylic acid groups (broad SMARTS) is 1. The number of guanidine groups is 3. The number of hydrogen-bond donors (Lipinski definition) is 32. The van der Waals surface area contributed by atoms with Gasteiger partial charge in [0.15, 0.2) is 17.9 Å². The fourth-order valence-corrected chi connectivity index (χ4v) is 15.7. The summed E-state index contributed by atoms with van der Waals surface area (Å²) in [5, 5.41) is 92.3. The Morgan fingerprint density at radius 1 is 0.333 bits per heavy atom. The molecule has 0 aliphatic rings. The molecule has 0 radical (unpaired) electrons. The minimum absolute atomic E-state index is 0.0128. The van der Waals surface area contributed by atoms with Crippen LogP contribution in [-0.2, 0) is 94.3 Å². The third kappa shape index (κ3) is 48.8. The van der Waals surface area contributed by atoms with E-state index in [2.05, 4.69) is 106 Å². The number of unbranched alkanes of at least 4 members (excludes halogenated alkanes) is 3. The van der Waals surface area contributed by atoms with Crippen molar-refractivity contribution >= 4 is 118 Å². The SMILES string of the molecule is CC[C@H](C)[C@H](NC(=O)[C@H](CCCNC(=N)N)NC(=O)[C@H](CCCNC(=N)N)NC(=O)[C@H](CC(C)C)NC(=O)[C@@H](N)CC(N)=O)C(=O)N[C@H](C(=O)N[C@@H](CCCNC(=N)N)C(=O)N[C@@H](CCCCN)C(=O)N[C@H](C(=O)N[C@H](C(=O)N[C@@H](Cc1cnc[nH]1)C(=O)N[C@H](C(=O)N[C@H](C(=O)N[C@@H](CCCCN)C(=O)N[C@@H](CCCCN)C(=O)N[C@@H](Cc1ccc(O)cc1)C(=O)O)[C@@H](C)CC)[C@@H](C)CC)[C@@H](C)CC)[C@@H](C)CC)[C@@H](C)CC. The lowest BCUT2D eigenvalue weighted by Gasteiger charge is -2.32. The molecule has 0 aliphatic heterocycles. The molecule has 0 aliphatic carbocycles. The van der Waals surface area contributed by atoms with Gasteiger partial charge in [-0.2, -0.15) is 0 Å². The molecular weight excluding hydrogens is 1900 g/mol. The van der Waals surface area contributed by atoms with Gasteiger partial charge in [-0.15, -0.1) is 0 Å². The number of imidazole rings is 1. The predicted molar refractivity (Wildman–Crippen MR) is 555 cm³/mol. The van der Waals surface area contributed by atoms with Crippen LogP contribution in [0.25, 0.3) is 0 Å². The summed E-state index contributed by atoms with van der Waals surface area (Å²) >= 11 is 0. The molecule has 0 spiro atoms. The van der Waals surface area contributed by atoms with Crippen LogP contribution in [0.1, 0.15) is 256 Å². The Hall–Kier alpha value is -13.1. The van der Waals surface area contributed by atoms with Gasteiger partial charge in [-0.25, -0.2) is 9.78 Å².